The molecule has 0 aliphatic heterocycles. The first-order chi connectivity index (χ1) is 44.2. The predicted molar refractivity (Wildman–Crippen MR) is 359 cm³/mol. The van der Waals surface area contributed by atoms with Crippen LogP contribution in [0.25, 0.3) is 0 Å². The number of nitrogens with zero attached hydrogens (tertiary/aromatic N) is 2. The molecule has 0 aromatic heterocycles. The Hall–Kier alpha value is -8.53. The number of aliphatic imine (C=N–C) groups is 2. The molecule has 35 heteroatoms. The van der Waals surface area contributed by atoms with Crippen LogP contribution in [0.5, 0.6) is 0 Å². The Morgan fingerprint density at radius 3 is 0.969 bits per heavy atom. The second-order valence-corrected chi connectivity index (χ2v) is 29.3. The molecular weight excluding hydrogens is 1290 g/mol. The van der Waals surface area contributed by atoms with Crippen molar-refractivity contribution in [2.75, 3.05) is 25.1 Å². The Kier molecular flexibility index (Phi) is 37.3. The summed E-state index contributed by atoms with van der Waals surface area (Å²) < 4.78 is 31.9. The molecule has 0 aliphatic rings. The molecule has 0 aliphatic carbocycles. The van der Waals surface area contributed by atoms with Gasteiger partial charge in [-0.25, -0.2) is 19.2 Å². The average Bonchev–Trinajstić information content (AvgIpc) is 0.877. The molecule has 14 N–H and O–H groups in total. The number of alkyl carbamates (subject to hydrolysis) is 2. The van der Waals surface area contributed by atoms with Gasteiger partial charge >= 0.3 is 36.3 Å². The molecule has 552 valence electrons. The molecule has 12 amide bonds. The number of hydrogen-bond donors (Lipinski definition) is 12. The maximum atomic E-state index is 14.6. The van der Waals surface area contributed by atoms with Gasteiger partial charge in [-0.15, -0.1) is 9.98 Å². The van der Waals surface area contributed by atoms with Crippen molar-refractivity contribution in [2.45, 2.75) is 272 Å². The van der Waals surface area contributed by atoms with E-state index in [1.165, 1.54) is 11.8 Å². The highest BCUT2D eigenvalue weighted by Gasteiger charge is 2.35. The zero-order valence-electron chi connectivity index (χ0n) is 60.0. The lowest BCUT2D eigenvalue weighted by molar-refractivity contribution is -0.156. The highest BCUT2D eigenvalue weighted by molar-refractivity contribution is 7.98. The number of esters is 2. The van der Waals surface area contributed by atoms with Crippen LogP contribution >= 0.6 is 11.8 Å². The van der Waals surface area contributed by atoms with Gasteiger partial charge in [0.05, 0.1) is 0 Å². The van der Waals surface area contributed by atoms with E-state index in [4.69, 9.17) is 39.9 Å². The van der Waals surface area contributed by atoms with Crippen molar-refractivity contribution in [3.8, 4) is 0 Å². The summed E-state index contributed by atoms with van der Waals surface area (Å²) in [6, 6.07) is -9.33. The number of amides is 12. The van der Waals surface area contributed by atoms with Crippen LogP contribution in [0.3, 0.4) is 0 Å². The van der Waals surface area contributed by atoms with Gasteiger partial charge in [0.25, 0.3) is 0 Å². The summed E-state index contributed by atoms with van der Waals surface area (Å²) in [7, 11) is 0. The Labute approximate surface area is 572 Å². The lowest BCUT2D eigenvalue weighted by Crippen LogP contribution is -2.59. The molecule has 0 radical (unpaired) electrons. The summed E-state index contributed by atoms with van der Waals surface area (Å²) in [6.07, 6.45) is -5.75. The summed E-state index contributed by atoms with van der Waals surface area (Å²) in [5.41, 5.74) is 5.59. The Morgan fingerprint density at radius 2 is 0.670 bits per heavy atom. The minimum atomic E-state index is -1.71. The van der Waals surface area contributed by atoms with E-state index in [9.17, 15) is 67.1 Å². The lowest BCUT2D eigenvalue weighted by Gasteiger charge is -2.28. The second-order valence-electron chi connectivity index (χ2n) is 28.3. The monoisotopic (exact) mass is 1400 g/mol. The van der Waals surface area contributed by atoms with Crippen molar-refractivity contribution in [3.63, 3.8) is 0 Å². The molecule has 0 heterocycles. The Bertz CT molecular complexity index is 2790. The number of carbonyl (C=O) groups is 14. The molecule has 0 saturated carbocycles. The molecule has 0 spiro atoms. The number of nitrogens with one attached hydrogen (secondary N) is 10. The molecular formula is C62H108N14O20S. The third-order valence-electron chi connectivity index (χ3n) is 11.6. The molecule has 97 heavy (non-hydrogen) atoms. The third kappa shape index (κ3) is 45.5. The molecule has 0 saturated heterocycles. The summed E-state index contributed by atoms with van der Waals surface area (Å²) in [5, 5.41) is 25.3. The van der Waals surface area contributed by atoms with Crippen LogP contribution in [0, 0.1) is 0 Å². The van der Waals surface area contributed by atoms with Crippen LogP contribution in [0.15, 0.2) is 9.98 Å². The molecule has 0 aromatic carbocycles. The zero-order valence-corrected chi connectivity index (χ0v) is 60.8. The largest absolute Gasteiger partial charge is 0.460 e. The van der Waals surface area contributed by atoms with Crippen LogP contribution in [0.4, 0.5) is 19.2 Å². The third-order valence-corrected chi connectivity index (χ3v) is 12.3. The number of guanidine groups is 2. The Balaban J connectivity index is 7.53. The second kappa shape index (κ2) is 40.9. The van der Waals surface area contributed by atoms with Gasteiger partial charge in [-0.05, 0) is 188 Å². The average molecular weight is 1400 g/mol. The fraction of sp³-hybridized carbons (Fsp3) is 0.742. The summed E-state index contributed by atoms with van der Waals surface area (Å²) in [4.78, 5) is 194. The number of rotatable bonds is 32. The number of thioether (sulfide) groups is 1. The van der Waals surface area contributed by atoms with E-state index in [1.54, 1.807) is 131 Å². The van der Waals surface area contributed by atoms with Gasteiger partial charge < -0.3 is 82.4 Å². The molecule has 0 bridgehead atoms. The maximum Gasteiger partial charge on any atom is 0.437 e. The standard InChI is InChI=1S/C62H108N14O20S/c1-35(77)67-38(26-29-43(79)91-57(2,3)4)47(83)71-40(27-30-44(80)92-58(5,6)7)49(85)72-41(31-34-97-20)50(86)70-39(25-28-42(63)78)48(84)69-37(24-22-33-66-52(75-55(89)95-61(14,15)16)76-56(90)96-62(17,18)19)46(82)68-36(45(64)81)23-21-32-65-51(73-53(87)93-59(8,9)10)74-54(88)94-60(11,12)13/h36-41H,21-34H2,1-20H3,(H2,63,78)(H2,64,81)(H,67,77)(H,68,82)(H,69,84)(H,70,86)(H,71,83)(H,72,85)(H2,65,73,74,87,88)(H2,66,75,76,89,90)/t36-,37-,38-,39-,40-,41-/m0/s1. The lowest BCUT2D eigenvalue weighted by atomic mass is 10.0. The van der Waals surface area contributed by atoms with Crippen LogP contribution in [0.1, 0.15) is 202 Å². The SMILES string of the molecule is CSCC[C@H](NC(=O)[C@H](CCC(=O)OC(C)(C)C)NC(=O)[C@H](CCC(=O)OC(C)(C)C)NC(C)=O)C(=O)N[C@@H](CCC(N)=O)C(=O)N[C@@H](CCCN/C(=N\C(=O)OC(C)(C)C)NC(=O)OC(C)(C)C)C(=O)N[C@@H](CCCN/C(=N/C(=O)OC(C)(C)C)NC(=O)OC(C)(C)C)C(N)=O. The molecule has 0 aromatic rings. The van der Waals surface area contributed by atoms with E-state index < -0.39 is 185 Å². The van der Waals surface area contributed by atoms with Crippen LogP contribution in [-0.2, 0) is 76.4 Å². The fourth-order valence-electron chi connectivity index (χ4n) is 7.87. The first-order valence-electron chi connectivity index (χ1n) is 31.7. The van der Waals surface area contributed by atoms with Crippen LogP contribution in [-0.4, -0.2) is 190 Å². The number of hydrogen-bond acceptors (Lipinski definition) is 21. The van der Waals surface area contributed by atoms with Gasteiger partial charge in [0.15, 0.2) is 0 Å². The van der Waals surface area contributed by atoms with Crippen molar-refractivity contribution in [1.29, 1.82) is 0 Å². The number of carbonyl (C=O) groups excluding carboxylic acids is 14. The van der Waals surface area contributed by atoms with Crippen molar-refractivity contribution in [3.05, 3.63) is 0 Å². The number of nitrogens with two attached hydrogens (primary N) is 2. The highest BCUT2D eigenvalue weighted by Crippen LogP contribution is 2.16. The molecule has 0 unspecified atom stereocenters. The van der Waals surface area contributed by atoms with Crippen molar-refractivity contribution in [2.24, 2.45) is 21.5 Å². The van der Waals surface area contributed by atoms with E-state index in [0.29, 0.717) is 0 Å². The minimum Gasteiger partial charge on any atom is -0.460 e. The smallest absolute Gasteiger partial charge is 0.437 e. The van der Waals surface area contributed by atoms with Crippen molar-refractivity contribution < 1.29 is 95.5 Å². The normalized spacial score (nSPS) is 14.1. The van der Waals surface area contributed by atoms with Crippen molar-refractivity contribution >= 4 is 107 Å². The van der Waals surface area contributed by atoms with E-state index in [1.807, 2.05) is 0 Å². The van der Waals surface area contributed by atoms with Crippen molar-refractivity contribution in [1.82, 2.24) is 53.2 Å². The first-order valence-corrected chi connectivity index (χ1v) is 33.1. The van der Waals surface area contributed by atoms with Gasteiger partial charge in [-0.3, -0.25) is 58.6 Å². The van der Waals surface area contributed by atoms with Gasteiger partial charge in [0.2, 0.25) is 59.2 Å². The predicted octanol–water partition coefficient (Wildman–Crippen LogP) is 3.03. The van der Waals surface area contributed by atoms with E-state index in [0.717, 1.165) is 6.92 Å². The first kappa shape index (κ1) is 88.5. The molecule has 0 fully saturated rings. The fourth-order valence-corrected chi connectivity index (χ4v) is 8.34. The Morgan fingerprint density at radius 1 is 0.381 bits per heavy atom. The maximum absolute atomic E-state index is 14.6. The van der Waals surface area contributed by atoms with Crippen LogP contribution < -0.4 is 64.6 Å². The van der Waals surface area contributed by atoms with Gasteiger partial charge in [-0.2, -0.15) is 11.8 Å². The summed E-state index contributed by atoms with van der Waals surface area (Å²) in [5.74, 6) is -9.78. The highest BCUT2D eigenvalue weighted by atomic mass is 32.2. The number of ether oxygens (including phenoxy) is 6. The summed E-state index contributed by atoms with van der Waals surface area (Å²) in [6.45, 7) is 29.7. The van der Waals surface area contributed by atoms with Gasteiger partial charge in [0.1, 0.15) is 69.9 Å². The van der Waals surface area contributed by atoms with E-state index >= 15 is 0 Å². The molecule has 34 nitrogen and oxygen atoms in total. The molecule has 0 rings (SSSR count). The molecule has 6 atom stereocenters. The van der Waals surface area contributed by atoms with Gasteiger partial charge in [-0.1, -0.05) is 0 Å². The minimum absolute atomic E-state index is 0.0116. The van der Waals surface area contributed by atoms with Crippen LogP contribution in [0.2, 0.25) is 0 Å². The number of primary amides is 2. The summed E-state index contributed by atoms with van der Waals surface area (Å²) >= 11 is 1.26. The zero-order chi connectivity index (χ0) is 75.0. The quantitative estimate of drug-likeness (QED) is 0.0151. The van der Waals surface area contributed by atoms with E-state index in [-0.39, 0.29) is 69.7 Å². The van der Waals surface area contributed by atoms with Gasteiger partial charge in [0, 0.05) is 39.3 Å². The topological polar surface area (TPSA) is 491 Å². The van der Waals surface area contributed by atoms with E-state index in [2.05, 4.69) is 63.2 Å².